The van der Waals surface area contributed by atoms with Crippen molar-refractivity contribution in [3.8, 4) is 78.7 Å². The highest BCUT2D eigenvalue weighted by molar-refractivity contribution is 5.96. The van der Waals surface area contributed by atoms with E-state index in [0.717, 1.165) is 34.2 Å². The third-order valence-corrected chi connectivity index (χ3v) is 12.2. The summed E-state index contributed by atoms with van der Waals surface area (Å²) in [5.74, 6) is 2.00. The summed E-state index contributed by atoms with van der Waals surface area (Å²) < 4.78 is 0. The molecular weight excluding hydrogens is 679 g/mol. The van der Waals surface area contributed by atoms with Gasteiger partial charge in [-0.1, -0.05) is 176 Å². The second kappa shape index (κ2) is 11.9. The van der Waals surface area contributed by atoms with E-state index in [-0.39, 0.29) is 0 Å². The van der Waals surface area contributed by atoms with Crippen molar-refractivity contribution >= 4 is 0 Å². The van der Waals surface area contributed by atoms with E-state index in [1.165, 1.54) is 66.8 Å². The fraction of sp³-hybridized carbons (Fsp3) is 0.0377. The van der Waals surface area contributed by atoms with Crippen molar-refractivity contribution < 1.29 is 0 Å². The predicted molar refractivity (Wildman–Crippen MR) is 226 cm³/mol. The Morgan fingerprint density at radius 3 is 1.50 bits per heavy atom. The third-order valence-electron chi connectivity index (χ3n) is 12.2. The Balaban J connectivity index is 1.03. The van der Waals surface area contributed by atoms with Gasteiger partial charge in [-0.05, 0) is 96.4 Å². The van der Waals surface area contributed by atoms with Crippen LogP contribution in [0.15, 0.2) is 188 Å². The number of benzene rings is 8. The standard InChI is InChI=1S/C53H33N3/c1-2-14-33(15-3-1)50-54-51(56-52(55-50)44-24-13-18-37-31-36-16-4-5-20-39(36)49(37)44)38-19-12-17-34(30-38)35-28-29-43-42-23-8-11-27-47(42)53(48(43)32-35)45-25-9-6-21-40(45)41-22-7-10-26-46(41)53/h1-30,32H,31H2. The fourth-order valence-electron chi connectivity index (χ4n) is 9.83. The van der Waals surface area contributed by atoms with Gasteiger partial charge in [-0.15, -0.1) is 0 Å². The lowest BCUT2D eigenvalue weighted by molar-refractivity contribution is 0.794. The summed E-state index contributed by atoms with van der Waals surface area (Å²) in [7, 11) is 0. The van der Waals surface area contributed by atoms with Crippen LogP contribution in [0.25, 0.3) is 78.7 Å². The van der Waals surface area contributed by atoms with Gasteiger partial charge in [0.2, 0.25) is 0 Å². The number of fused-ring (bicyclic) bond motifs is 13. The molecule has 0 fully saturated rings. The van der Waals surface area contributed by atoms with Crippen molar-refractivity contribution in [1.29, 1.82) is 0 Å². The summed E-state index contributed by atoms with van der Waals surface area (Å²) in [6, 6.07) is 68.1. The summed E-state index contributed by atoms with van der Waals surface area (Å²) in [5.41, 5.74) is 20.5. The van der Waals surface area contributed by atoms with Crippen molar-refractivity contribution in [2.24, 2.45) is 0 Å². The van der Waals surface area contributed by atoms with Gasteiger partial charge in [-0.3, -0.25) is 0 Å². The topological polar surface area (TPSA) is 38.7 Å². The van der Waals surface area contributed by atoms with Crippen molar-refractivity contribution in [2.45, 2.75) is 11.8 Å². The molecule has 1 aromatic heterocycles. The van der Waals surface area contributed by atoms with Crippen molar-refractivity contribution in [3.05, 3.63) is 221 Å². The average molecular weight is 712 g/mol. The van der Waals surface area contributed by atoms with Gasteiger partial charge in [0.15, 0.2) is 17.5 Å². The Bertz CT molecular complexity index is 3010. The minimum absolute atomic E-state index is 0.394. The van der Waals surface area contributed by atoms with Crippen LogP contribution < -0.4 is 0 Å². The highest BCUT2D eigenvalue weighted by Gasteiger charge is 2.51. The SMILES string of the molecule is c1ccc(-c2nc(-c3cccc(-c4ccc5c(c4)C4(c6ccccc6-c6ccccc64)c4ccccc4-5)c3)nc(-c3cccc4c3-c3ccccc3C4)n2)cc1. The van der Waals surface area contributed by atoms with E-state index in [9.17, 15) is 0 Å². The molecule has 3 aliphatic rings. The summed E-state index contributed by atoms with van der Waals surface area (Å²) >= 11 is 0. The quantitative estimate of drug-likeness (QED) is 0.182. The second-order valence-corrected chi connectivity index (χ2v) is 15.1. The van der Waals surface area contributed by atoms with E-state index < -0.39 is 5.41 Å². The van der Waals surface area contributed by atoms with E-state index in [2.05, 4.69) is 170 Å². The van der Waals surface area contributed by atoms with Crippen LogP contribution in [0.1, 0.15) is 33.4 Å². The predicted octanol–water partition coefficient (Wildman–Crippen LogP) is 12.5. The molecule has 3 nitrogen and oxygen atoms in total. The molecule has 3 aliphatic carbocycles. The molecular formula is C53H33N3. The average Bonchev–Trinajstić information content (AvgIpc) is 3.91. The molecule has 8 aromatic carbocycles. The maximum absolute atomic E-state index is 5.26. The second-order valence-electron chi connectivity index (χ2n) is 15.1. The first-order valence-electron chi connectivity index (χ1n) is 19.3. The highest BCUT2D eigenvalue weighted by Crippen LogP contribution is 2.63. The van der Waals surface area contributed by atoms with Crippen LogP contribution in [0.2, 0.25) is 0 Å². The lowest BCUT2D eigenvalue weighted by atomic mass is 9.70. The van der Waals surface area contributed by atoms with Crippen LogP contribution in [-0.2, 0) is 11.8 Å². The Kier molecular flexibility index (Phi) is 6.61. The maximum Gasteiger partial charge on any atom is 0.164 e. The minimum Gasteiger partial charge on any atom is -0.208 e. The van der Waals surface area contributed by atoms with Gasteiger partial charge in [-0.25, -0.2) is 15.0 Å². The number of nitrogens with zero attached hydrogens (tertiary/aromatic N) is 3. The molecule has 0 N–H and O–H groups in total. The van der Waals surface area contributed by atoms with Gasteiger partial charge < -0.3 is 0 Å². The molecule has 0 unspecified atom stereocenters. The molecule has 260 valence electrons. The molecule has 3 heteroatoms. The molecule has 0 amide bonds. The zero-order valence-corrected chi connectivity index (χ0v) is 30.4. The lowest BCUT2D eigenvalue weighted by Gasteiger charge is -2.30. The number of rotatable bonds is 4. The Labute approximate surface area is 325 Å². The van der Waals surface area contributed by atoms with Crippen molar-refractivity contribution in [2.75, 3.05) is 0 Å². The van der Waals surface area contributed by atoms with Gasteiger partial charge in [0, 0.05) is 16.7 Å². The molecule has 0 aliphatic heterocycles. The molecule has 1 heterocycles. The summed E-state index contributed by atoms with van der Waals surface area (Å²) in [5, 5.41) is 0. The first-order valence-corrected chi connectivity index (χ1v) is 19.3. The van der Waals surface area contributed by atoms with E-state index >= 15 is 0 Å². The van der Waals surface area contributed by atoms with Crippen LogP contribution in [0.3, 0.4) is 0 Å². The first-order chi connectivity index (χ1) is 27.8. The van der Waals surface area contributed by atoms with Gasteiger partial charge in [0.1, 0.15) is 0 Å². The zero-order chi connectivity index (χ0) is 36.8. The van der Waals surface area contributed by atoms with Gasteiger partial charge in [-0.2, -0.15) is 0 Å². The van der Waals surface area contributed by atoms with Crippen LogP contribution in [0.4, 0.5) is 0 Å². The Hall–Kier alpha value is -7.23. The van der Waals surface area contributed by atoms with Gasteiger partial charge in [0.25, 0.3) is 0 Å². The van der Waals surface area contributed by atoms with Gasteiger partial charge >= 0.3 is 0 Å². The summed E-state index contributed by atoms with van der Waals surface area (Å²) in [4.78, 5) is 15.5. The molecule has 12 rings (SSSR count). The molecule has 0 bridgehead atoms. The fourth-order valence-corrected chi connectivity index (χ4v) is 9.83. The largest absolute Gasteiger partial charge is 0.208 e. The Morgan fingerprint density at radius 2 is 0.786 bits per heavy atom. The van der Waals surface area contributed by atoms with E-state index in [4.69, 9.17) is 15.0 Å². The van der Waals surface area contributed by atoms with Crippen LogP contribution in [0, 0.1) is 0 Å². The van der Waals surface area contributed by atoms with E-state index in [1.807, 2.05) is 18.2 Å². The lowest BCUT2D eigenvalue weighted by Crippen LogP contribution is -2.25. The summed E-state index contributed by atoms with van der Waals surface area (Å²) in [6.45, 7) is 0. The molecule has 0 radical (unpaired) electrons. The van der Waals surface area contributed by atoms with E-state index in [1.54, 1.807) is 0 Å². The Morgan fingerprint density at radius 1 is 0.304 bits per heavy atom. The van der Waals surface area contributed by atoms with Crippen molar-refractivity contribution in [1.82, 2.24) is 15.0 Å². The highest BCUT2D eigenvalue weighted by atomic mass is 15.0. The molecule has 0 saturated heterocycles. The number of aromatic nitrogens is 3. The normalized spacial score (nSPS) is 13.4. The van der Waals surface area contributed by atoms with Crippen LogP contribution in [0.5, 0.6) is 0 Å². The zero-order valence-electron chi connectivity index (χ0n) is 30.4. The first kappa shape index (κ1) is 31.2. The molecule has 0 saturated carbocycles. The maximum atomic E-state index is 5.26. The molecule has 9 aromatic rings. The molecule has 1 spiro atoms. The van der Waals surface area contributed by atoms with E-state index in [0.29, 0.717) is 17.5 Å². The third kappa shape index (κ3) is 4.37. The molecule has 56 heavy (non-hydrogen) atoms. The van der Waals surface area contributed by atoms with Crippen molar-refractivity contribution in [3.63, 3.8) is 0 Å². The minimum atomic E-state index is -0.394. The number of hydrogen-bond acceptors (Lipinski definition) is 3. The smallest absolute Gasteiger partial charge is 0.164 e. The van der Waals surface area contributed by atoms with Crippen LogP contribution >= 0.6 is 0 Å². The monoisotopic (exact) mass is 711 g/mol. The van der Waals surface area contributed by atoms with Gasteiger partial charge in [0.05, 0.1) is 5.41 Å². The molecule has 0 atom stereocenters. The van der Waals surface area contributed by atoms with Crippen LogP contribution in [-0.4, -0.2) is 15.0 Å². The number of hydrogen-bond donors (Lipinski definition) is 0. The summed E-state index contributed by atoms with van der Waals surface area (Å²) in [6.07, 6.45) is 0.912.